The van der Waals surface area contributed by atoms with Crippen LogP contribution in [0.15, 0.2) is 24.3 Å². The van der Waals surface area contributed by atoms with Crippen LogP contribution in [0.2, 0.25) is 0 Å². The molecule has 0 atom stereocenters. The van der Waals surface area contributed by atoms with Crippen molar-refractivity contribution in [3.05, 3.63) is 41.5 Å². The van der Waals surface area contributed by atoms with Crippen LogP contribution in [0.3, 0.4) is 0 Å². The van der Waals surface area contributed by atoms with E-state index in [1.165, 1.54) is 0 Å². The number of nitrogens with zero attached hydrogens (tertiary/aromatic N) is 3. The van der Waals surface area contributed by atoms with Gasteiger partial charge >= 0.3 is 5.97 Å². The SMILES string of the molecule is Cc1nnc(COc2ccc(CC(=O)O)cc2)n1C. The number of carboxylic acids is 1. The Morgan fingerprint density at radius 3 is 2.53 bits per heavy atom. The number of aromatic nitrogens is 3. The molecule has 6 nitrogen and oxygen atoms in total. The quantitative estimate of drug-likeness (QED) is 0.878. The van der Waals surface area contributed by atoms with Crippen LogP contribution in [0.5, 0.6) is 5.75 Å². The third kappa shape index (κ3) is 3.31. The Morgan fingerprint density at radius 2 is 2.00 bits per heavy atom. The Labute approximate surface area is 110 Å². The van der Waals surface area contributed by atoms with Gasteiger partial charge in [-0.05, 0) is 24.6 Å². The van der Waals surface area contributed by atoms with Crippen molar-refractivity contribution in [2.75, 3.05) is 0 Å². The fourth-order valence-electron chi connectivity index (χ4n) is 1.60. The number of ether oxygens (including phenoxy) is 1. The summed E-state index contributed by atoms with van der Waals surface area (Å²) in [5, 5.41) is 16.6. The third-order valence-electron chi connectivity index (χ3n) is 2.83. The molecule has 0 saturated carbocycles. The van der Waals surface area contributed by atoms with Crippen LogP contribution in [0, 0.1) is 6.92 Å². The molecule has 0 bridgehead atoms. The Balaban J connectivity index is 1.96. The lowest BCUT2D eigenvalue weighted by molar-refractivity contribution is -0.136. The van der Waals surface area contributed by atoms with Gasteiger partial charge in [0.1, 0.15) is 18.2 Å². The number of aryl methyl sites for hydroxylation is 1. The van der Waals surface area contributed by atoms with Gasteiger partial charge in [0.2, 0.25) is 0 Å². The molecule has 2 rings (SSSR count). The van der Waals surface area contributed by atoms with Crippen molar-refractivity contribution < 1.29 is 14.6 Å². The topological polar surface area (TPSA) is 77.2 Å². The molecule has 19 heavy (non-hydrogen) atoms. The van der Waals surface area contributed by atoms with E-state index in [2.05, 4.69) is 10.2 Å². The lowest BCUT2D eigenvalue weighted by Crippen LogP contribution is -2.04. The molecule has 1 N–H and O–H groups in total. The molecule has 0 fully saturated rings. The van der Waals surface area contributed by atoms with Crippen LogP contribution in [-0.4, -0.2) is 25.8 Å². The van der Waals surface area contributed by atoms with Gasteiger partial charge in [0.05, 0.1) is 6.42 Å². The van der Waals surface area contributed by atoms with Crippen molar-refractivity contribution >= 4 is 5.97 Å². The van der Waals surface area contributed by atoms with Crippen LogP contribution in [0.4, 0.5) is 0 Å². The zero-order valence-electron chi connectivity index (χ0n) is 10.8. The van der Waals surface area contributed by atoms with Gasteiger partial charge in [-0.1, -0.05) is 12.1 Å². The molecule has 0 aliphatic rings. The van der Waals surface area contributed by atoms with Crippen molar-refractivity contribution in [1.82, 2.24) is 14.8 Å². The van der Waals surface area contributed by atoms with E-state index >= 15 is 0 Å². The summed E-state index contributed by atoms with van der Waals surface area (Å²) in [6.07, 6.45) is 0.0166. The summed E-state index contributed by atoms with van der Waals surface area (Å²) in [5.74, 6) is 1.40. The van der Waals surface area contributed by atoms with E-state index in [1.54, 1.807) is 24.3 Å². The molecule has 6 heteroatoms. The number of benzene rings is 1. The first-order valence-electron chi connectivity index (χ1n) is 5.84. The first kappa shape index (κ1) is 13.1. The second-order valence-electron chi connectivity index (χ2n) is 4.23. The van der Waals surface area contributed by atoms with Gasteiger partial charge in [0, 0.05) is 7.05 Å². The monoisotopic (exact) mass is 261 g/mol. The van der Waals surface area contributed by atoms with Crippen LogP contribution in [0.25, 0.3) is 0 Å². The van der Waals surface area contributed by atoms with Crippen molar-refractivity contribution in [3.63, 3.8) is 0 Å². The molecule has 100 valence electrons. The van der Waals surface area contributed by atoms with Crippen LogP contribution < -0.4 is 4.74 Å². The van der Waals surface area contributed by atoms with E-state index in [-0.39, 0.29) is 6.42 Å². The number of carboxylic acid groups (broad SMARTS) is 1. The van der Waals surface area contributed by atoms with Crippen molar-refractivity contribution in [2.45, 2.75) is 20.0 Å². The maximum Gasteiger partial charge on any atom is 0.307 e. The minimum atomic E-state index is -0.844. The van der Waals surface area contributed by atoms with E-state index in [1.807, 2.05) is 18.5 Å². The zero-order valence-corrected chi connectivity index (χ0v) is 10.8. The fraction of sp³-hybridized carbons (Fsp3) is 0.308. The number of rotatable bonds is 5. The Kier molecular flexibility index (Phi) is 3.79. The van der Waals surface area contributed by atoms with Gasteiger partial charge < -0.3 is 14.4 Å². The van der Waals surface area contributed by atoms with Crippen LogP contribution in [-0.2, 0) is 24.9 Å². The second-order valence-corrected chi connectivity index (χ2v) is 4.23. The molecule has 2 aromatic rings. The molecule has 1 heterocycles. The van der Waals surface area contributed by atoms with E-state index < -0.39 is 5.97 Å². The highest BCUT2D eigenvalue weighted by Crippen LogP contribution is 2.14. The van der Waals surface area contributed by atoms with E-state index in [0.717, 1.165) is 17.2 Å². The summed E-state index contributed by atoms with van der Waals surface area (Å²) in [7, 11) is 1.88. The molecule has 0 spiro atoms. The zero-order chi connectivity index (χ0) is 13.8. The van der Waals surface area contributed by atoms with Gasteiger partial charge in [-0.25, -0.2) is 0 Å². The molecule has 0 aliphatic carbocycles. The largest absolute Gasteiger partial charge is 0.486 e. The first-order valence-corrected chi connectivity index (χ1v) is 5.84. The minimum absolute atomic E-state index is 0.0166. The minimum Gasteiger partial charge on any atom is -0.486 e. The van der Waals surface area contributed by atoms with E-state index in [9.17, 15) is 4.79 Å². The van der Waals surface area contributed by atoms with Gasteiger partial charge in [-0.3, -0.25) is 4.79 Å². The molecule has 1 aromatic carbocycles. The second kappa shape index (κ2) is 5.51. The highest BCUT2D eigenvalue weighted by Gasteiger charge is 2.06. The third-order valence-corrected chi connectivity index (χ3v) is 2.83. The summed E-state index contributed by atoms with van der Waals surface area (Å²) in [6, 6.07) is 6.99. The normalized spacial score (nSPS) is 10.4. The van der Waals surface area contributed by atoms with Gasteiger partial charge in [-0.2, -0.15) is 0 Å². The highest BCUT2D eigenvalue weighted by atomic mass is 16.5. The molecule has 1 aromatic heterocycles. The average Bonchev–Trinajstić information content (AvgIpc) is 2.69. The van der Waals surface area contributed by atoms with Crippen LogP contribution in [0.1, 0.15) is 17.2 Å². The maximum atomic E-state index is 10.6. The average molecular weight is 261 g/mol. The van der Waals surface area contributed by atoms with Gasteiger partial charge in [0.15, 0.2) is 5.82 Å². The molecule has 0 aliphatic heterocycles. The summed E-state index contributed by atoms with van der Waals surface area (Å²) in [5.41, 5.74) is 0.745. The molecule has 0 saturated heterocycles. The van der Waals surface area contributed by atoms with Crippen molar-refractivity contribution in [1.29, 1.82) is 0 Å². The fourth-order valence-corrected chi connectivity index (χ4v) is 1.60. The summed E-state index contributed by atoms with van der Waals surface area (Å²) < 4.78 is 7.44. The summed E-state index contributed by atoms with van der Waals surface area (Å²) in [6.45, 7) is 2.20. The van der Waals surface area contributed by atoms with Crippen molar-refractivity contribution in [2.24, 2.45) is 7.05 Å². The summed E-state index contributed by atoms with van der Waals surface area (Å²) >= 11 is 0. The number of hydrogen-bond donors (Lipinski definition) is 1. The maximum absolute atomic E-state index is 10.6. The smallest absolute Gasteiger partial charge is 0.307 e. The van der Waals surface area contributed by atoms with Gasteiger partial charge in [0.25, 0.3) is 0 Å². The number of aliphatic carboxylic acids is 1. The molecule has 0 unspecified atom stereocenters. The van der Waals surface area contributed by atoms with Gasteiger partial charge in [-0.15, -0.1) is 10.2 Å². The Morgan fingerprint density at radius 1 is 1.32 bits per heavy atom. The van der Waals surface area contributed by atoms with Crippen LogP contribution >= 0.6 is 0 Å². The molecular formula is C13H15N3O3. The predicted molar refractivity (Wildman–Crippen MR) is 67.9 cm³/mol. The Bertz CT molecular complexity index is 575. The number of hydrogen-bond acceptors (Lipinski definition) is 4. The lowest BCUT2D eigenvalue weighted by atomic mass is 10.1. The lowest BCUT2D eigenvalue weighted by Gasteiger charge is -2.06. The summed E-state index contributed by atoms with van der Waals surface area (Å²) in [4.78, 5) is 10.6. The highest BCUT2D eigenvalue weighted by molar-refractivity contribution is 5.70. The molecular weight excluding hydrogens is 246 g/mol. The molecule has 0 radical (unpaired) electrons. The standard InChI is InChI=1S/C13H15N3O3/c1-9-14-15-12(16(9)2)8-19-11-5-3-10(4-6-11)7-13(17)18/h3-6H,7-8H2,1-2H3,(H,17,18). The first-order chi connectivity index (χ1) is 9.06. The predicted octanol–water partition coefficient (Wildman–Crippen LogP) is 1.33. The van der Waals surface area contributed by atoms with E-state index in [0.29, 0.717) is 12.4 Å². The Hall–Kier alpha value is -2.37. The molecule has 0 amide bonds. The van der Waals surface area contributed by atoms with Crippen molar-refractivity contribution in [3.8, 4) is 5.75 Å². The number of carbonyl (C=O) groups is 1. The van der Waals surface area contributed by atoms with E-state index in [4.69, 9.17) is 9.84 Å².